The van der Waals surface area contributed by atoms with Gasteiger partial charge in [0.05, 0.1) is 6.04 Å². The summed E-state index contributed by atoms with van der Waals surface area (Å²) in [6, 6.07) is 11.9. The lowest BCUT2D eigenvalue weighted by molar-refractivity contribution is -0.134. The standard InChI is InChI=1S/C28H35FN2O3/c1-4-25(28(33)30-17-19-5-6-19)34-23-12-9-20-13-14-31(26(32)15-18(2)3)27(24(20)16-23)21-7-10-22(29)11-8-21/h7-12,16,18-19,25,27H,4-6,13-15,17H2,1-3H3,(H,30,33)/t25-,27+/m1/s1. The Morgan fingerprint density at radius 2 is 1.88 bits per heavy atom. The summed E-state index contributed by atoms with van der Waals surface area (Å²) in [6.07, 6.45) is 3.56. The van der Waals surface area contributed by atoms with E-state index in [4.69, 9.17) is 4.74 Å². The first-order valence-electron chi connectivity index (χ1n) is 12.5. The van der Waals surface area contributed by atoms with Crippen LogP contribution in [0.1, 0.15) is 69.2 Å². The Morgan fingerprint density at radius 1 is 1.15 bits per heavy atom. The van der Waals surface area contributed by atoms with Crippen LogP contribution in [0.4, 0.5) is 4.39 Å². The van der Waals surface area contributed by atoms with Gasteiger partial charge in [-0.3, -0.25) is 9.59 Å². The van der Waals surface area contributed by atoms with Gasteiger partial charge in [-0.1, -0.05) is 39.0 Å². The number of halogens is 1. The molecular formula is C28H35FN2O3. The molecule has 0 saturated heterocycles. The summed E-state index contributed by atoms with van der Waals surface area (Å²) in [5.74, 6) is 1.16. The van der Waals surface area contributed by atoms with Crippen LogP contribution < -0.4 is 10.1 Å². The van der Waals surface area contributed by atoms with Crippen molar-refractivity contribution in [2.24, 2.45) is 11.8 Å². The maximum Gasteiger partial charge on any atom is 0.261 e. The molecule has 2 aromatic carbocycles. The van der Waals surface area contributed by atoms with Gasteiger partial charge in [-0.25, -0.2) is 4.39 Å². The molecule has 0 bridgehead atoms. The molecule has 1 aliphatic carbocycles. The lowest BCUT2D eigenvalue weighted by Crippen LogP contribution is -2.41. The number of nitrogens with one attached hydrogen (secondary N) is 1. The first kappa shape index (κ1) is 24.2. The average Bonchev–Trinajstić information content (AvgIpc) is 3.65. The van der Waals surface area contributed by atoms with Gasteiger partial charge in [0.15, 0.2) is 6.10 Å². The fourth-order valence-electron chi connectivity index (χ4n) is 4.57. The maximum absolute atomic E-state index is 13.7. The summed E-state index contributed by atoms with van der Waals surface area (Å²) < 4.78 is 19.8. The first-order chi connectivity index (χ1) is 16.4. The number of hydrogen-bond donors (Lipinski definition) is 1. The number of benzene rings is 2. The normalized spacial score (nSPS) is 18.4. The number of hydrogen-bond acceptors (Lipinski definition) is 3. The largest absolute Gasteiger partial charge is 0.481 e. The van der Waals surface area contributed by atoms with E-state index in [-0.39, 0.29) is 29.6 Å². The average molecular weight is 467 g/mol. The second-order valence-electron chi connectivity index (χ2n) is 9.95. The number of ether oxygens (including phenoxy) is 1. The Bertz CT molecular complexity index is 1020. The third kappa shape index (κ3) is 5.78. The second kappa shape index (κ2) is 10.6. The zero-order chi connectivity index (χ0) is 24.2. The van der Waals surface area contributed by atoms with Crippen LogP contribution >= 0.6 is 0 Å². The molecular weight excluding hydrogens is 431 g/mol. The molecule has 2 atom stereocenters. The van der Waals surface area contributed by atoms with Crippen molar-refractivity contribution in [1.82, 2.24) is 10.2 Å². The number of rotatable bonds is 9. The molecule has 34 heavy (non-hydrogen) atoms. The molecule has 1 saturated carbocycles. The van der Waals surface area contributed by atoms with E-state index in [1.54, 1.807) is 12.1 Å². The summed E-state index contributed by atoms with van der Waals surface area (Å²) >= 11 is 0. The van der Waals surface area contributed by atoms with Gasteiger partial charge in [-0.05, 0) is 78.5 Å². The summed E-state index contributed by atoms with van der Waals surface area (Å²) in [6.45, 7) is 7.33. The minimum Gasteiger partial charge on any atom is -0.481 e. The number of fused-ring (bicyclic) bond motifs is 1. The molecule has 1 heterocycles. The molecule has 1 aliphatic heterocycles. The second-order valence-corrected chi connectivity index (χ2v) is 9.95. The van der Waals surface area contributed by atoms with E-state index in [9.17, 15) is 14.0 Å². The van der Waals surface area contributed by atoms with Crippen molar-refractivity contribution in [3.63, 3.8) is 0 Å². The number of carbonyl (C=O) groups is 2. The Kier molecular flexibility index (Phi) is 7.54. The van der Waals surface area contributed by atoms with E-state index in [0.29, 0.717) is 37.6 Å². The highest BCUT2D eigenvalue weighted by atomic mass is 19.1. The fraction of sp³-hybridized carbons (Fsp3) is 0.500. The number of amides is 2. The van der Waals surface area contributed by atoms with Crippen LogP contribution in [0, 0.1) is 17.7 Å². The molecule has 2 aliphatic rings. The van der Waals surface area contributed by atoms with E-state index >= 15 is 0 Å². The van der Waals surface area contributed by atoms with Gasteiger partial charge < -0.3 is 15.0 Å². The third-order valence-electron chi connectivity index (χ3n) is 6.64. The van der Waals surface area contributed by atoms with Gasteiger partial charge in [0.2, 0.25) is 5.91 Å². The molecule has 2 amide bonds. The highest BCUT2D eigenvalue weighted by Gasteiger charge is 2.33. The molecule has 0 spiro atoms. The topological polar surface area (TPSA) is 58.6 Å². The van der Waals surface area contributed by atoms with Crippen LogP contribution in [0.15, 0.2) is 42.5 Å². The van der Waals surface area contributed by atoms with Gasteiger partial charge in [-0.2, -0.15) is 0 Å². The Balaban J connectivity index is 1.62. The van der Waals surface area contributed by atoms with E-state index in [1.165, 1.54) is 25.0 Å². The molecule has 1 N–H and O–H groups in total. The highest BCUT2D eigenvalue weighted by Crippen LogP contribution is 2.38. The van der Waals surface area contributed by atoms with Gasteiger partial charge in [0, 0.05) is 19.5 Å². The van der Waals surface area contributed by atoms with E-state index in [1.807, 2.05) is 43.9 Å². The zero-order valence-electron chi connectivity index (χ0n) is 20.4. The Morgan fingerprint density at radius 3 is 2.53 bits per heavy atom. The van der Waals surface area contributed by atoms with Crippen molar-refractivity contribution in [2.75, 3.05) is 13.1 Å². The molecule has 0 unspecified atom stereocenters. The summed E-state index contributed by atoms with van der Waals surface area (Å²) in [5.41, 5.74) is 2.98. The fourth-order valence-corrected chi connectivity index (χ4v) is 4.57. The predicted molar refractivity (Wildman–Crippen MR) is 130 cm³/mol. The van der Waals surface area contributed by atoms with Crippen molar-refractivity contribution in [2.45, 2.75) is 65.0 Å². The monoisotopic (exact) mass is 466 g/mol. The molecule has 0 radical (unpaired) electrons. The van der Waals surface area contributed by atoms with Gasteiger partial charge in [0.1, 0.15) is 11.6 Å². The minimum absolute atomic E-state index is 0.0871. The molecule has 0 aromatic heterocycles. The number of nitrogens with zero attached hydrogens (tertiary/aromatic N) is 1. The minimum atomic E-state index is -0.566. The highest BCUT2D eigenvalue weighted by molar-refractivity contribution is 5.81. The molecule has 1 fully saturated rings. The summed E-state index contributed by atoms with van der Waals surface area (Å²) in [5, 5.41) is 3.01. The lowest BCUT2D eigenvalue weighted by atomic mass is 9.87. The molecule has 5 nitrogen and oxygen atoms in total. The summed E-state index contributed by atoms with van der Waals surface area (Å²) in [4.78, 5) is 27.7. The van der Waals surface area contributed by atoms with Gasteiger partial charge >= 0.3 is 0 Å². The number of carbonyl (C=O) groups excluding carboxylic acids is 2. The van der Waals surface area contributed by atoms with Crippen LogP contribution in [-0.2, 0) is 16.0 Å². The van der Waals surface area contributed by atoms with Crippen molar-refractivity contribution >= 4 is 11.8 Å². The Hall–Kier alpha value is -2.89. The van der Waals surface area contributed by atoms with Crippen molar-refractivity contribution < 1.29 is 18.7 Å². The quantitative estimate of drug-likeness (QED) is 0.564. The van der Waals surface area contributed by atoms with Crippen molar-refractivity contribution in [3.8, 4) is 5.75 Å². The summed E-state index contributed by atoms with van der Waals surface area (Å²) in [7, 11) is 0. The van der Waals surface area contributed by atoms with Crippen LogP contribution in [0.25, 0.3) is 0 Å². The SMILES string of the molecule is CC[C@@H](Oc1ccc2c(c1)[C@H](c1ccc(F)cc1)N(C(=O)CC(C)C)CC2)C(=O)NCC1CC1. The van der Waals surface area contributed by atoms with E-state index in [0.717, 1.165) is 23.1 Å². The smallest absolute Gasteiger partial charge is 0.261 e. The van der Waals surface area contributed by atoms with Crippen molar-refractivity contribution in [3.05, 3.63) is 65.0 Å². The van der Waals surface area contributed by atoms with Crippen LogP contribution in [0.3, 0.4) is 0 Å². The molecule has 182 valence electrons. The maximum atomic E-state index is 13.7. The molecule has 2 aromatic rings. The van der Waals surface area contributed by atoms with E-state index in [2.05, 4.69) is 5.32 Å². The van der Waals surface area contributed by atoms with Crippen molar-refractivity contribution in [1.29, 1.82) is 0 Å². The Labute approximate surface area is 201 Å². The lowest BCUT2D eigenvalue weighted by Gasteiger charge is -2.38. The van der Waals surface area contributed by atoms with Crippen LogP contribution in [-0.4, -0.2) is 35.9 Å². The first-order valence-corrected chi connectivity index (χ1v) is 12.5. The van der Waals surface area contributed by atoms with Gasteiger partial charge in [0.25, 0.3) is 5.91 Å². The van der Waals surface area contributed by atoms with Crippen LogP contribution in [0.2, 0.25) is 0 Å². The zero-order valence-corrected chi connectivity index (χ0v) is 20.4. The molecule has 6 heteroatoms. The predicted octanol–water partition coefficient (Wildman–Crippen LogP) is 5.03. The third-order valence-corrected chi connectivity index (χ3v) is 6.64. The molecule has 4 rings (SSSR count). The van der Waals surface area contributed by atoms with Gasteiger partial charge in [-0.15, -0.1) is 0 Å². The van der Waals surface area contributed by atoms with E-state index < -0.39 is 6.10 Å². The van der Waals surface area contributed by atoms with Crippen LogP contribution in [0.5, 0.6) is 5.75 Å².